The normalized spacial score (nSPS) is 19.8. The minimum Gasteiger partial charge on any atom is -0.265 e. The fourth-order valence-electron chi connectivity index (χ4n) is 3.29. The number of nitriles is 1. The number of benzene rings is 2. The third kappa shape index (κ3) is 2.67. The second kappa shape index (κ2) is 5.95. The van der Waals surface area contributed by atoms with Gasteiger partial charge in [0.05, 0.1) is 16.7 Å². The second-order valence-corrected chi connectivity index (χ2v) is 8.42. The van der Waals surface area contributed by atoms with Crippen molar-refractivity contribution < 1.29 is 8.42 Å². The van der Waals surface area contributed by atoms with Crippen LogP contribution in [-0.2, 0) is 15.4 Å². The number of fused-ring (bicyclic) bond motifs is 1. The van der Waals surface area contributed by atoms with Crippen LogP contribution in [-0.4, -0.2) is 15.0 Å². The number of hydrogen-bond donors (Lipinski definition) is 0. The predicted molar refractivity (Wildman–Crippen MR) is 94.4 cm³/mol. The molecule has 0 aromatic heterocycles. The lowest BCUT2D eigenvalue weighted by Crippen LogP contribution is -2.35. The standard InChI is InChI=1S/C19H20N2O2S/c1-15-8-10-16(11-9-15)24(22,23)21-14-19(2,12-5-13-20)17-6-3-4-7-18(17)21/h3-4,6-11H,5,12,14H2,1-2H3. The lowest BCUT2D eigenvalue weighted by atomic mass is 9.80. The van der Waals surface area contributed by atoms with Crippen LogP contribution >= 0.6 is 0 Å². The van der Waals surface area contributed by atoms with Gasteiger partial charge in [-0.2, -0.15) is 5.26 Å². The monoisotopic (exact) mass is 340 g/mol. The maximum absolute atomic E-state index is 13.1. The van der Waals surface area contributed by atoms with E-state index in [1.54, 1.807) is 12.1 Å². The molecule has 0 amide bonds. The smallest absolute Gasteiger partial charge is 0.264 e. The van der Waals surface area contributed by atoms with Crippen molar-refractivity contribution >= 4 is 15.7 Å². The molecular weight excluding hydrogens is 320 g/mol. The maximum Gasteiger partial charge on any atom is 0.264 e. The molecular formula is C19H20N2O2S. The molecule has 0 saturated heterocycles. The number of hydrogen-bond acceptors (Lipinski definition) is 3. The van der Waals surface area contributed by atoms with Gasteiger partial charge in [0.15, 0.2) is 0 Å². The summed E-state index contributed by atoms with van der Waals surface area (Å²) in [6.07, 6.45) is 1.05. The van der Waals surface area contributed by atoms with Crippen LogP contribution in [0, 0.1) is 18.3 Å². The summed E-state index contributed by atoms with van der Waals surface area (Å²) in [5.74, 6) is 0. The molecule has 4 nitrogen and oxygen atoms in total. The Hall–Kier alpha value is -2.32. The molecule has 0 spiro atoms. The largest absolute Gasteiger partial charge is 0.265 e. The molecule has 0 saturated carbocycles. The molecule has 1 aliphatic rings. The van der Waals surface area contributed by atoms with E-state index in [-0.39, 0.29) is 5.41 Å². The Morgan fingerprint density at radius 1 is 1.17 bits per heavy atom. The maximum atomic E-state index is 13.1. The number of nitrogens with zero attached hydrogens (tertiary/aromatic N) is 2. The van der Waals surface area contributed by atoms with E-state index in [0.29, 0.717) is 24.3 Å². The summed E-state index contributed by atoms with van der Waals surface area (Å²) < 4.78 is 27.8. The van der Waals surface area contributed by atoms with Crippen molar-refractivity contribution in [2.45, 2.75) is 37.0 Å². The first-order chi connectivity index (χ1) is 11.4. The van der Waals surface area contributed by atoms with E-state index in [4.69, 9.17) is 5.26 Å². The van der Waals surface area contributed by atoms with Crippen LogP contribution < -0.4 is 4.31 Å². The van der Waals surface area contributed by atoms with Gasteiger partial charge >= 0.3 is 0 Å². The number of aryl methyl sites for hydroxylation is 1. The summed E-state index contributed by atoms with van der Waals surface area (Å²) in [6.45, 7) is 4.33. The van der Waals surface area contributed by atoms with Gasteiger partial charge in [-0.3, -0.25) is 4.31 Å². The van der Waals surface area contributed by atoms with Gasteiger partial charge in [-0.1, -0.05) is 42.8 Å². The van der Waals surface area contributed by atoms with E-state index in [0.717, 1.165) is 16.8 Å². The Labute approximate surface area is 143 Å². The molecule has 124 valence electrons. The van der Waals surface area contributed by atoms with Gasteiger partial charge in [0.25, 0.3) is 10.0 Å². The molecule has 1 aliphatic heterocycles. The first-order valence-electron chi connectivity index (χ1n) is 7.94. The lowest BCUT2D eigenvalue weighted by molar-refractivity contribution is 0.474. The summed E-state index contributed by atoms with van der Waals surface area (Å²) in [6, 6.07) is 16.7. The fourth-order valence-corrected chi connectivity index (χ4v) is 4.89. The first kappa shape index (κ1) is 16.5. The van der Waals surface area contributed by atoms with Crippen molar-refractivity contribution in [2.75, 3.05) is 10.8 Å². The number of para-hydroxylation sites is 1. The van der Waals surface area contributed by atoms with Crippen LogP contribution in [0.15, 0.2) is 53.4 Å². The Morgan fingerprint density at radius 3 is 2.50 bits per heavy atom. The minimum atomic E-state index is -3.61. The van der Waals surface area contributed by atoms with Crippen molar-refractivity contribution in [3.63, 3.8) is 0 Å². The predicted octanol–water partition coefficient (Wildman–Crippen LogP) is 3.77. The van der Waals surface area contributed by atoms with E-state index in [1.807, 2.05) is 50.2 Å². The summed E-state index contributed by atoms with van der Waals surface area (Å²) in [5, 5.41) is 8.94. The Morgan fingerprint density at radius 2 is 1.83 bits per heavy atom. The molecule has 2 aromatic rings. The Balaban J connectivity index is 2.06. The zero-order valence-electron chi connectivity index (χ0n) is 13.9. The van der Waals surface area contributed by atoms with Crippen LogP contribution in [0.3, 0.4) is 0 Å². The zero-order chi connectivity index (χ0) is 17.4. The van der Waals surface area contributed by atoms with Crippen molar-refractivity contribution in [1.29, 1.82) is 5.26 Å². The summed E-state index contributed by atoms with van der Waals surface area (Å²) in [5.41, 5.74) is 2.40. The van der Waals surface area contributed by atoms with Crippen molar-refractivity contribution in [3.8, 4) is 6.07 Å². The highest BCUT2D eigenvalue weighted by Crippen LogP contribution is 2.45. The van der Waals surface area contributed by atoms with Gasteiger partial charge in [0.1, 0.15) is 0 Å². The molecule has 2 aromatic carbocycles. The van der Waals surface area contributed by atoms with Crippen molar-refractivity contribution in [3.05, 3.63) is 59.7 Å². The Bertz CT molecular complexity index is 898. The summed E-state index contributed by atoms with van der Waals surface area (Å²) >= 11 is 0. The fraction of sp³-hybridized carbons (Fsp3) is 0.316. The van der Waals surface area contributed by atoms with E-state index in [1.165, 1.54) is 4.31 Å². The van der Waals surface area contributed by atoms with Gasteiger partial charge in [-0.25, -0.2) is 8.42 Å². The summed E-state index contributed by atoms with van der Waals surface area (Å²) in [7, 11) is -3.61. The van der Waals surface area contributed by atoms with Crippen LogP contribution in [0.2, 0.25) is 0 Å². The van der Waals surface area contributed by atoms with Crippen LogP contribution in [0.1, 0.15) is 30.9 Å². The second-order valence-electron chi connectivity index (χ2n) is 6.56. The lowest BCUT2D eigenvalue weighted by Gasteiger charge is -2.25. The number of rotatable bonds is 4. The van der Waals surface area contributed by atoms with Gasteiger partial charge < -0.3 is 0 Å². The molecule has 3 rings (SSSR count). The molecule has 1 atom stereocenters. The number of anilines is 1. The van der Waals surface area contributed by atoms with Crippen LogP contribution in [0.25, 0.3) is 0 Å². The molecule has 0 aliphatic carbocycles. The van der Waals surface area contributed by atoms with Gasteiger partial charge in [-0.05, 0) is 37.1 Å². The zero-order valence-corrected chi connectivity index (χ0v) is 14.7. The van der Waals surface area contributed by atoms with E-state index in [2.05, 4.69) is 6.07 Å². The van der Waals surface area contributed by atoms with Crippen molar-refractivity contribution in [1.82, 2.24) is 0 Å². The van der Waals surface area contributed by atoms with Gasteiger partial charge in [0, 0.05) is 18.4 Å². The van der Waals surface area contributed by atoms with Gasteiger partial charge in [0.2, 0.25) is 0 Å². The third-order valence-corrected chi connectivity index (χ3v) is 6.49. The SMILES string of the molecule is Cc1ccc(S(=O)(=O)N2CC(C)(CCC#N)c3ccccc32)cc1. The van der Waals surface area contributed by atoms with Crippen LogP contribution in [0.5, 0.6) is 0 Å². The molecule has 1 heterocycles. The van der Waals surface area contributed by atoms with E-state index < -0.39 is 10.0 Å². The molecule has 0 radical (unpaired) electrons. The highest BCUT2D eigenvalue weighted by atomic mass is 32.2. The van der Waals surface area contributed by atoms with Gasteiger partial charge in [-0.15, -0.1) is 0 Å². The molecule has 0 N–H and O–H groups in total. The third-order valence-electron chi connectivity index (χ3n) is 4.71. The number of sulfonamides is 1. The highest BCUT2D eigenvalue weighted by molar-refractivity contribution is 7.92. The van der Waals surface area contributed by atoms with Crippen molar-refractivity contribution in [2.24, 2.45) is 0 Å². The average molecular weight is 340 g/mol. The van der Waals surface area contributed by atoms with E-state index in [9.17, 15) is 8.42 Å². The minimum absolute atomic E-state index is 0.299. The quantitative estimate of drug-likeness (QED) is 0.851. The topological polar surface area (TPSA) is 61.2 Å². The molecule has 24 heavy (non-hydrogen) atoms. The molecule has 0 fully saturated rings. The average Bonchev–Trinajstić information content (AvgIpc) is 2.88. The van der Waals surface area contributed by atoms with E-state index >= 15 is 0 Å². The summed E-state index contributed by atoms with van der Waals surface area (Å²) in [4.78, 5) is 0.299. The molecule has 0 bridgehead atoms. The first-order valence-corrected chi connectivity index (χ1v) is 9.38. The molecule has 1 unspecified atom stereocenters. The van der Waals surface area contributed by atoms with Crippen LogP contribution in [0.4, 0.5) is 5.69 Å². The highest BCUT2D eigenvalue weighted by Gasteiger charge is 2.43. The Kier molecular flexibility index (Phi) is 4.10. The molecule has 5 heteroatoms.